The van der Waals surface area contributed by atoms with Gasteiger partial charge in [0.05, 0.1) is 11.7 Å². The molecule has 2 fully saturated rings. The maximum absolute atomic E-state index is 12.7. The summed E-state index contributed by atoms with van der Waals surface area (Å²) in [6.07, 6.45) is 8.14. The first-order chi connectivity index (χ1) is 10.3. The molecule has 1 aromatic heterocycles. The predicted molar refractivity (Wildman–Crippen MR) is 81.8 cm³/mol. The number of rotatable bonds is 2. The number of nitrogens with zero attached hydrogens (tertiary/aromatic N) is 3. The van der Waals surface area contributed by atoms with Crippen molar-refractivity contribution < 1.29 is 4.79 Å². The summed E-state index contributed by atoms with van der Waals surface area (Å²) in [5.41, 5.74) is 1.05. The Hall–Kier alpha value is -1.84. The maximum Gasteiger partial charge on any atom is 0.244 e. The summed E-state index contributed by atoms with van der Waals surface area (Å²) in [4.78, 5) is 14.8. The van der Waals surface area contributed by atoms with E-state index in [4.69, 9.17) is 0 Å². The summed E-state index contributed by atoms with van der Waals surface area (Å²) >= 11 is 0. The van der Waals surface area contributed by atoms with Crippen LogP contribution >= 0.6 is 0 Å². The normalized spacial score (nSPS) is 25.2. The van der Waals surface area contributed by atoms with Gasteiger partial charge in [-0.1, -0.05) is 31.0 Å². The molecule has 0 unspecified atom stereocenters. The Morgan fingerprint density at radius 3 is 3.00 bits per heavy atom. The molecular weight excluding hydrogens is 262 g/mol. The number of aromatic nitrogens is 2. The monoisotopic (exact) mass is 283 g/mol. The van der Waals surface area contributed by atoms with Crippen molar-refractivity contribution >= 4 is 16.8 Å². The number of likely N-dealkylation sites (tertiary alicyclic amines) is 1. The Morgan fingerprint density at radius 2 is 2.05 bits per heavy atom. The number of amides is 1. The van der Waals surface area contributed by atoms with Crippen LogP contribution in [0, 0.1) is 5.92 Å². The van der Waals surface area contributed by atoms with Crippen molar-refractivity contribution in [3.8, 4) is 0 Å². The molecule has 1 saturated carbocycles. The molecule has 1 aliphatic heterocycles. The Kier molecular flexibility index (Phi) is 3.17. The van der Waals surface area contributed by atoms with Gasteiger partial charge in [-0.2, -0.15) is 5.10 Å². The van der Waals surface area contributed by atoms with Crippen LogP contribution in [0.2, 0.25) is 0 Å². The molecule has 1 saturated heterocycles. The second-order valence-corrected chi connectivity index (χ2v) is 6.35. The fourth-order valence-electron chi connectivity index (χ4n) is 4.09. The van der Waals surface area contributed by atoms with E-state index in [1.54, 1.807) is 0 Å². The lowest BCUT2D eigenvalue weighted by molar-refractivity contribution is -0.133. The number of fused-ring (bicyclic) bond motifs is 2. The van der Waals surface area contributed by atoms with Crippen LogP contribution in [0.1, 0.15) is 32.1 Å². The molecule has 1 amide bonds. The third kappa shape index (κ3) is 2.23. The molecule has 21 heavy (non-hydrogen) atoms. The highest BCUT2D eigenvalue weighted by molar-refractivity contribution is 5.82. The highest BCUT2D eigenvalue weighted by Gasteiger charge is 2.38. The van der Waals surface area contributed by atoms with E-state index in [1.165, 1.54) is 32.1 Å². The van der Waals surface area contributed by atoms with E-state index >= 15 is 0 Å². The smallest absolute Gasteiger partial charge is 0.244 e. The first-order valence-corrected chi connectivity index (χ1v) is 8.03. The topological polar surface area (TPSA) is 38.1 Å². The maximum atomic E-state index is 12.7. The summed E-state index contributed by atoms with van der Waals surface area (Å²) in [5.74, 6) is 0.982. The summed E-state index contributed by atoms with van der Waals surface area (Å²) < 4.78 is 1.84. The third-order valence-corrected chi connectivity index (χ3v) is 5.17. The molecule has 0 spiro atoms. The molecule has 1 aliphatic carbocycles. The van der Waals surface area contributed by atoms with Gasteiger partial charge in [0, 0.05) is 18.0 Å². The summed E-state index contributed by atoms with van der Waals surface area (Å²) in [7, 11) is 0. The minimum atomic E-state index is 0.234. The molecule has 4 rings (SSSR count). The van der Waals surface area contributed by atoms with E-state index < -0.39 is 0 Å². The van der Waals surface area contributed by atoms with Crippen molar-refractivity contribution in [2.75, 3.05) is 6.54 Å². The van der Waals surface area contributed by atoms with Crippen molar-refractivity contribution in [2.24, 2.45) is 5.92 Å². The van der Waals surface area contributed by atoms with Gasteiger partial charge in [0.2, 0.25) is 5.91 Å². The first-order valence-electron chi connectivity index (χ1n) is 8.03. The van der Waals surface area contributed by atoms with Crippen molar-refractivity contribution in [3.05, 3.63) is 30.5 Å². The largest absolute Gasteiger partial charge is 0.338 e. The number of para-hydroxylation sites is 1. The molecule has 2 aromatic rings. The van der Waals surface area contributed by atoms with Gasteiger partial charge in [-0.15, -0.1) is 0 Å². The van der Waals surface area contributed by atoms with Crippen LogP contribution in [0.3, 0.4) is 0 Å². The zero-order valence-corrected chi connectivity index (χ0v) is 12.2. The lowest BCUT2D eigenvalue weighted by Crippen LogP contribution is -2.41. The summed E-state index contributed by atoms with van der Waals surface area (Å²) in [6, 6.07) is 8.56. The van der Waals surface area contributed by atoms with Crippen LogP contribution in [0.25, 0.3) is 10.9 Å². The second kappa shape index (κ2) is 5.17. The van der Waals surface area contributed by atoms with Gasteiger partial charge in [-0.3, -0.25) is 9.48 Å². The average Bonchev–Trinajstić information content (AvgIpc) is 3.12. The molecular formula is C17H21N3O. The van der Waals surface area contributed by atoms with Gasteiger partial charge in [-0.25, -0.2) is 0 Å². The lowest BCUT2D eigenvalue weighted by atomic mass is 9.85. The summed E-state index contributed by atoms with van der Waals surface area (Å²) in [6.45, 7) is 1.31. The van der Waals surface area contributed by atoms with E-state index in [0.29, 0.717) is 12.6 Å². The number of carbonyl (C=O) groups is 1. The van der Waals surface area contributed by atoms with Crippen molar-refractivity contribution in [1.82, 2.24) is 14.7 Å². The van der Waals surface area contributed by atoms with Crippen LogP contribution in [0.15, 0.2) is 30.5 Å². The lowest BCUT2D eigenvalue weighted by Gasteiger charge is -2.31. The second-order valence-electron chi connectivity index (χ2n) is 6.35. The molecule has 2 atom stereocenters. The Morgan fingerprint density at radius 1 is 1.19 bits per heavy atom. The third-order valence-electron chi connectivity index (χ3n) is 5.17. The zero-order valence-electron chi connectivity index (χ0n) is 12.2. The summed E-state index contributed by atoms with van der Waals surface area (Å²) in [5, 5.41) is 5.48. The molecule has 0 bridgehead atoms. The Balaban J connectivity index is 1.53. The van der Waals surface area contributed by atoms with Crippen molar-refractivity contribution in [2.45, 2.75) is 44.7 Å². The van der Waals surface area contributed by atoms with E-state index in [-0.39, 0.29) is 5.91 Å². The zero-order chi connectivity index (χ0) is 14.2. The predicted octanol–water partition coefficient (Wildman–Crippen LogP) is 2.83. The fraction of sp³-hybridized carbons (Fsp3) is 0.529. The van der Waals surface area contributed by atoms with Crippen molar-refractivity contribution in [1.29, 1.82) is 0 Å². The van der Waals surface area contributed by atoms with Crippen LogP contribution in [0.5, 0.6) is 0 Å². The Labute approximate surface area is 124 Å². The van der Waals surface area contributed by atoms with Crippen LogP contribution in [-0.2, 0) is 11.3 Å². The van der Waals surface area contributed by atoms with Gasteiger partial charge in [-0.05, 0) is 31.2 Å². The van der Waals surface area contributed by atoms with Crippen molar-refractivity contribution in [3.63, 3.8) is 0 Å². The van der Waals surface area contributed by atoms with Gasteiger partial charge >= 0.3 is 0 Å². The molecule has 0 N–H and O–H groups in total. The molecule has 2 aliphatic rings. The first kappa shape index (κ1) is 12.9. The van der Waals surface area contributed by atoms with E-state index in [9.17, 15) is 4.79 Å². The number of hydrogen-bond acceptors (Lipinski definition) is 2. The number of carbonyl (C=O) groups excluding carboxylic acids is 1. The molecule has 110 valence electrons. The van der Waals surface area contributed by atoms with Crippen LogP contribution in [-0.4, -0.2) is 33.2 Å². The number of hydrogen-bond donors (Lipinski definition) is 0. The molecule has 0 radical (unpaired) electrons. The van der Waals surface area contributed by atoms with Gasteiger partial charge < -0.3 is 4.90 Å². The van der Waals surface area contributed by atoms with Gasteiger partial charge in [0.15, 0.2) is 0 Å². The van der Waals surface area contributed by atoms with E-state index in [1.807, 2.05) is 35.1 Å². The van der Waals surface area contributed by atoms with E-state index in [0.717, 1.165) is 23.4 Å². The minimum Gasteiger partial charge on any atom is -0.338 e. The molecule has 1 aromatic carbocycles. The average molecular weight is 283 g/mol. The highest BCUT2D eigenvalue weighted by atomic mass is 16.2. The highest BCUT2D eigenvalue weighted by Crippen LogP contribution is 2.36. The van der Waals surface area contributed by atoms with Gasteiger partial charge in [0.25, 0.3) is 0 Å². The standard InChI is InChI=1S/C17H21N3O/c21-17(19-10-9-13-5-1-3-7-15(13)19)12-20-16-8-4-2-6-14(16)11-18-20/h2,4,6,8,11,13,15H,1,3,5,7,9-10,12H2/t13-,15-/m1/s1. The SMILES string of the molecule is O=C(Cn1ncc2ccccc21)N1CC[C@H]2CCCC[C@H]21. The fourth-order valence-corrected chi connectivity index (χ4v) is 4.09. The number of benzene rings is 1. The quantitative estimate of drug-likeness (QED) is 0.850. The molecule has 4 heteroatoms. The minimum absolute atomic E-state index is 0.234. The molecule has 4 nitrogen and oxygen atoms in total. The van der Waals surface area contributed by atoms with Gasteiger partial charge in [0.1, 0.15) is 6.54 Å². The Bertz CT molecular complexity index is 663. The van der Waals surface area contributed by atoms with E-state index in [2.05, 4.69) is 10.00 Å². The van der Waals surface area contributed by atoms with Crippen LogP contribution < -0.4 is 0 Å². The molecule has 2 heterocycles. The van der Waals surface area contributed by atoms with Crippen LogP contribution in [0.4, 0.5) is 0 Å².